The van der Waals surface area contributed by atoms with Crippen LogP contribution in [0, 0.1) is 0 Å². The van der Waals surface area contributed by atoms with Crippen LogP contribution in [-0.2, 0) is 9.57 Å². The minimum absolute atomic E-state index is 0.356. The lowest BCUT2D eigenvalue weighted by atomic mass is 9.96. The molecule has 2 heterocycles. The zero-order valence-electron chi connectivity index (χ0n) is 14.2. The molecule has 1 atom stereocenters. The van der Waals surface area contributed by atoms with Gasteiger partial charge in [0.05, 0.1) is 31.1 Å². The minimum atomic E-state index is -0.399. The van der Waals surface area contributed by atoms with Gasteiger partial charge in [-0.15, -0.1) is 0 Å². The molecule has 0 saturated carbocycles. The van der Waals surface area contributed by atoms with E-state index in [4.69, 9.17) is 19.0 Å². The van der Waals surface area contributed by atoms with E-state index in [1.807, 2.05) is 12.1 Å². The Bertz CT molecular complexity index is 819. The highest BCUT2D eigenvalue weighted by Crippen LogP contribution is 2.35. The van der Waals surface area contributed by atoms with Gasteiger partial charge in [-0.3, -0.25) is 0 Å². The number of hydrogen-bond acceptors (Lipinski definition) is 7. The summed E-state index contributed by atoms with van der Waals surface area (Å²) in [6.45, 7) is 0. The molecule has 25 heavy (non-hydrogen) atoms. The number of pyridine rings is 1. The van der Waals surface area contributed by atoms with Crippen LogP contribution in [-0.4, -0.2) is 38.0 Å². The molecular formula is C18H18N2O5. The third kappa shape index (κ3) is 3.40. The first-order chi connectivity index (χ1) is 12.2. The molecule has 1 aliphatic heterocycles. The topological polar surface area (TPSA) is 79.2 Å². The molecule has 3 rings (SSSR count). The zero-order chi connectivity index (χ0) is 17.8. The smallest absolute Gasteiger partial charge is 0.337 e. The van der Waals surface area contributed by atoms with Gasteiger partial charge in [0.2, 0.25) is 11.8 Å². The second kappa shape index (κ2) is 7.21. The van der Waals surface area contributed by atoms with E-state index < -0.39 is 5.97 Å². The number of carbonyl (C=O) groups excluding carboxylic acids is 1. The molecule has 1 aromatic heterocycles. The Kier molecular flexibility index (Phi) is 4.83. The molecule has 0 bridgehead atoms. The predicted molar refractivity (Wildman–Crippen MR) is 90.1 cm³/mol. The van der Waals surface area contributed by atoms with Crippen LogP contribution in [0.1, 0.15) is 34.0 Å². The van der Waals surface area contributed by atoms with Crippen LogP contribution >= 0.6 is 0 Å². The molecule has 7 heteroatoms. The van der Waals surface area contributed by atoms with Gasteiger partial charge >= 0.3 is 5.97 Å². The number of rotatable bonds is 4. The Morgan fingerprint density at radius 2 is 2.08 bits per heavy atom. The van der Waals surface area contributed by atoms with Gasteiger partial charge in [-0.1, -0.05) is 17.3 Å². The largest absolute Gasteiger partial charge is 0.481 e. The lowest BCUT2D eigenvalue weighted by Crippen LogP contribution is -2.22. The number of aromatic nitrogens is 1. The molecule has 0 amide bonds. The van der Waals surface area contributed by atoms with Crippen molar-refractivity contribution in [2.45, 2.75) is 12.5 Å². The normalized spacial score (nSPS) is 17.4. The van der Waals surface area contributed by atoms with E-state index in [9.17, 15) is 4.79 Å². The molecule has 2 aromatic rings. The van der Waals surface area contributed by atoms with Crippen molar-refractivity contribution in [1.29, 1.82) is 0 Å². The van der Waals surface area contributed by atoms with Crippen molar-refractivity contribution in [2.24, 2.45) is 5.16 Å². The summed E-state index contributed by atoms with van der Waals surface area (Å²) in [5.41, 5.74) is 2.75. The number of oxime groups is 1. The lowest BCUT2D eigenvalue weighted by molar-refractivity contribution is 0.0600. The maximum atomic E-state index is 11.8. The molecule has 1 aliphatic rings. The SMILES string of the molecule is CON=C1CC(c2cccc(C(=O)OC)c2)Oc2nc(OC)ccc21. The second-order valence-corrected chi connectivity index (χ2v) is 5.35. The van der Waals surface area contributed by atoms with Crippen LogP contribution < -0.4 is 9.47 Å². The number of benzene rings is 1. The van der Waals surface area contributed by atoms with E-state index in [1.54, 1.807) is 31.4 Å². The lowest BCUT2D eigenvalue weighted by Gasteiger charge is -2.26. The Balaban J connectivity index is 1.99. The number of methoxy groups -OCH3 is 2. The maximum Gasteiger partial charge on any atom is 0.337 e. The summed E-state index contributed by atoms with van der Waals surface area (Å²) in [4.78, 5) is 21.1. The average molecular weight is 342 g/mol. The Hall–Kier alpha value is -3.09. The first-order valence-corrected chi connectivity index (χ1v) is 7.66. The molecule has 130 valence electrons. The van der Waals surface area contributed by atoms with Gasteiger partial charge < -0.3 is 19.0 Å². The molecule has 0 N–H and O–H groups in total. The standard InChI is InChI=1S/C18H18N2O5/c1-22-16-8-7-13-14(20-24-3)10-15(25-17(13)19-16)11-5-4-6-12(9-11)18(21)23-2/h4-9,15H,10H2,1-3H3. The predicted octanol–water partition coefficient (Wildman–Crippen LogP) is 2.75. The highest BCUT2D eigenvalue weighted by Gasteiger charge is 2.29. The van der Waals surface area contributed by atoms with Crippen molar-refractivity contribution in [2.75, 3.05) is 21.3 Å². The van der Waals surface area contributed by atoms with Crippen molar-refractivity contribution in [3.63, 3.8) is 0 Å². The van der Waals surface area contributed by atoms with E-state index in [0.29, 0.717) is 29.5 Å². The monoisotopic (exact) mass is 342 g/mol. The van der Waals surface area contributed by atoms with E-state index in [0.717, 1.165) is 11.1 Å². The molecule has 0 aliphatic carbocycles. The molecule has 7 nitrogen and oxygen atoms in total. The van der Waals surface area contributed by atoms with Crippen LogP contribution in [0.25, 0.3) is 0 Å². The van der Waals surface area contributed by atoms with Gasteiger partial charge in [-0.2, -0.15) is 4.98 Å². The first-order valence-electron chi connectivity index (χ1n) is 7.66. The number of carbonyl (C=O) groups is 1. The van der Waals surface area contributed by atoms with Gasteiger partial charge in [-0.25, -0.2) is 4.79 Å². The zero-order valence-corrected chi connectivity index (χ0v) is 14.2. The molecule has 0 radical (unpaired) electrons. The van der Waals surface area contributed by atoms with Gasteiger partial charge in [0, 0.05) is 12.5 Å². The van der Waals surface area contributed by atoms with Crippen molar-refractivity contribution < 1.29 is 23.8 Å². The second-order valence-electron chi connectivity index (χ2n) is 5.35. The van der Waals surface area contributed by atoms with Crippen LogP contribution in [0.2, 0.25) is 0 Å². The molecule has 1 unspecified atom stereocenters. The van der Waals surface area contributed by atoms with Gasteiger partial charge in [0.15, 0.2) is 0 Å². The third-order valence-corrected chi connectivity index (χ3v) is 3.87. The van der Waals surface area contributed by atoms with Gasteiger partial charge in [-0.05, 0) is 23.8 Å². The molecule has 0 spiro atoms. The summed E-state index contributed by atoms with van der Waals surface area (Å²) in [6.07, 6.45) is 0.130. The average Bonchev–Trinajstić information content (AvgIpc) is 2.67. The summed E-state index contributed by atoms with van der Waals surface area (Å²) in [6, 6.07) is 10.7. The molecule has 0 fully saturated rings. The summed E-state index contributed by atoms with van der Waals surface area (Å²) in [5, 5.41) is 4.09. The van der Waals surface area contributed by atoms with Crippen LogP contribution in [0.5, 0.6) is 11.8 Å². The van der Waals surface area contributed by atoms with Crippen LogP contribution in [0.3, 0.4) is 0 Å². The summed E-state index contributed by atoms with van der Waals surface area (Å²) in [7, 11) is 4.38. The van der Waals surface area contributed by atoms with Crippen molar-refractivity contribution in [3.05, 3.63) is 53.1 Å². The van der Waals surface area contributed by atoms with Crippen molar-refractivity contribution in [1.82, 2.24) is 4.98 Å². The number of esters is 1. The minimum Gasteiger partial charge on any atom is -0.481 e. The van der Waals surface area contributed by atoms with Crippen LogP contribution in [0.15, 0.2) is 41.6 Å². The van der Waals surface area contributed by atoms with Gasteiger partial charge in [0.1, 0.15) is 13.2 Å². The van der Waals surface area contributed by atoms with Crippen molar-refractivity contribution >= 4 is 11.7 Å². The Morgan fingerprint density at radius 3 is 2.80 bits per heavy atom. The number of nitrogens with zero attached hydrogens (tertiary/aromatic N) is 2. The summed E-state index contributed by atoms with van der Waals surface area (Å²) >= 11 is 0. The Morgan fingerprint density at radius 1 is 1.24 bits per heavy atom. The number of hydrogen-bond donors (Lipinski definition) is 0. The van der Waals surface area contributed by atoms with Gasteiger partial charge in [0.25, 0.3) is 0 Å². The summed E-state index contributed by atoms with van der Waals surface area (Å²) in [5.74, 6) is 0.456. The first kappa shape index (κ1) is 16.8. The third-order valence-electron chi connectivity index (χ3n) is 3.87. The Labute approximate surface area is 145 Å². The van der Waals surface area contributed by atoms with Crippen molar-refractivity contribution in [3.8, 4) is 11.8 Å². The van der Waals surface area contributed by atoms with E-state index in [1.165, 1.54) is 14.2 Å². The number of ether oxygens (including phenoxy) is 3. The number of fused-ring (bicyclic) bond motifs is 1. The van der Waals surface area contributed by atoms with E-state index in [2.05, 4.69) is 10.1 Å². The maximum absolute atomic E-state index is 11.8. The quantitative estimate of drug-likeness (QED) is 0.628. The summed E-state index contributed by atoms with van der Waals surface area (Å²) < 4.78 is 16.0. The molecule has 0 saturated heterocycles. The fraction of sp³-hybridized carbons (Fsp3) is 0.278. The molecule has 1 aromatic carbocycles. The van der Waals surface area contributed by atoms with Crippen LogP contribution in [0.4, 0.5) is 0 Å². The van der Waals surface area contributed by atoms with E-state index >= 15 is 0 Å². The molecular weight excluding hydrogens is 324 g/mol. The van der Waals surface area contributed by atoms with E-state index in [-0.39, 0.29) is 6.10 Å². The highest BCUT2D eigenvalue weighted by molar-refractivity contribution is 6.03. The fourth-order valence-corrected chi connectivity index (χ4v) is 2.67. The highest BCUT2D eigenvalue weighted by atomic mass is 16.6. The fourth-order valence-electron chi connectivity index (χ4n) is 2.67.